The quantitative estimate of drug-likeness (QED) is 0.799. The Morgan fingerprint density at radius 1 is 1.33 bits per heavy atom. The molecule has 0 aliphatic heterocycles. The SMILES string of the molecule is CC(C)(C)Sc1ccccc1[C@H](N)CF. The molecule has 0 saturated heterocycles. The molecule has 0 unspecified atom stereocenters. The Morgan fingerprint density at radius 2 is 1.93 bits per heavy atom. The summed E-state index contributed by atoms with van der Waals surface area (Å²) in [5, 5.41) is 0. The summed E-state index contributed by atoms with van der Waals surface area (Å²) in [5.74, 6) is 0. The summed E-state index contributed by atoms with van der Waals surface area (Å²) >= 11 is 1.72. The number of thioether (sulfide) groups is 1. The number of halogens is 1. The van der Waals surface area contributed by atoms with Crippen molar-refractivity contribution < 1.29 is 4.39 Å². The lowest BCUT2D eigenvalue weighted by Gasteiger charge is -2.21. The number of benzene rings is 1. The van der Waals surface area contributed by atoms with Gasteiger partial charge in [0.15, 0.2) is 0 Å². The van der Waals surface area contributed by atoms with Gasteiger partial charge in [0.05, 0.1) is 6.04 Å². The van der Waals surface area contributed by atoms with Crippen molar-refractivity contribution in [3.8, 4) is 0 Å². The second-order valence-electron chi connectivity index (χ2n) is 4.51. The summed E-state index contributed by atoms with van der Waals surface area (Å²) < 4.78 is 12.7. The van der Waals surface area contributed by atoms with Crippen LogP contribution < -0.4 is 5.73 Å². The number of alkyl halides is 1. The highest BCUT2D eigenvalue weighted by Gasteiger charge is 2.17. The van der Waals surface area contributed by atoms with Gasteiger partial charge in [0.1, 0.15) is 6.67 Å². The van der Waals surface area contributed by atoms with Crippen LogP contribution in [-0.4, -0.2) is 11.4 Å². The van der Waals surface area contributed by atoms with Gasteiger partial charge in [0.2, 0.25) is 0 Å². The molecule has 0 radical (unpaired) electrons. The zero-order chi connectivity index (χ0) is 11.5. The Bertz CT molecular complexity index is 320. The standard InChI is InChI=1S/C12H18FNS/c1-12(2,3)15-11-7-5-4-6-9(11)10(14)8-13/h4-7,10H,8,14H2,1-3H3/t10-/m1/s1. The van der Waals surface area contributed by atoms with Crippen molar-refractivity contribution in [1.82, 2.24) is 0 Å². The van der Waals surface area contributed by atoms with Crippen LogP contribution in [0.5, 0.6) is 0 Å². The number of hydrogen-bond acceptors (Lipinski definition) is 2. The lowest BCUT2D eigenvalue weighted by atomic mass is 10.1. The predicted octanol–water partition coefficient (Wildman–Crippen LogP) is 3.55. The Balaban J connectivity index is 2.96. The maximum absolute atomic E-state index is 12.6. The van der Waals surface area contributed by atoms with Gasteiger partial charge in [0.25, 0.3) is 0 Å². The molecule has 3 heteroatoms. The van der Waals surface area contributed by atoms with Gasteiger partial charge in [-0.05, 0) is 11.6 Å². The molecular formula is C12H18FNS. The van der Waals surface area contributed by atoms with E-state index in [4.69, 9.17) is 5.73 Å². The van der Waals surface area contributed by atoms with E-state index in [0.717, 1.165) is 10.5 Å². The third kappa shape index (κ3) is 3.84. The first-order chi connectivity index (χ1) is 6.94. The molecule has 1 rings (SSSR count). The van der Waals surface area contributed by atoms with Crippen LogP contribution in [0.3, 0.4) is 0 Å². The third-order valence-electron chi connectivity index (χ3n) is 1.90. The molecule has 84 valence electrons. The Hall–Kier alpha value is -0.540. The lowest BCUT2D eigenvalue weighted by molar-refractivity contribution is 0.434. The third-order valence-corrected chi connectivity index (χ3v) is 3.10. The Labute approximate surface area is 95.2 Å². The first-order valence-electron chi connectivity index (χ1n) is 5.03. The fraction of sp³-hybridized carbons (Fsp3) is 0.500. The minimum absolute atomic E-state index is 0.117. The number of hydrogen-bond donors (Lipinski definition) is 1. The van der Waals surface area contributed by atoms with E-state index in [1.807, 2.05) is 24.3 Å². The fourth-order valence-electron chi connectivity index (χ4n) is 1.29. The normalized spacial score (nSPS) is 13.9. The molecule has 0 amide bonds. The van der Waals surface area contributed by atoms with Crippen LogP contribution in [-0.2, 0) is 0 Å². The molecule has 0 aliphatic carbocycles. The van der Waals surface area contributed by atoms with Crippen molar-refractivity contribution in [3.63, 3.8) is 0 Å². The molecule has 1 nitrogen and oxygen atoms in total. The first kappa shape index (κ1) is 12.5. The van der Waals surface area contributed by atoms with Crippen molar-refractivity contribution in [2.24, 2.45) is 5.73 Å². The fourth-order valence-corrected chi connectivity index (χ4v) is 2.44. The van der Waals surface area contributed by atoms with Crippen molar-refractivity contribution in [2.45, 2.75) is 36.5 Å². The maximum Gasteiger partial charge on any atom is 0.109 e. The molecule has 1 aromatic rings. The molecule has 2 N–H and O–H groups in total. The summed E-state index contributed by atoms with van der Waals surface area (Å²) in [6.45, 7) is 5.89. The van der Waals surface area contributed by atoms with E-state index in [1.54, 1.807) is 11.8 Å². The highest BCUT2D eigenvalue weighted by molar-refractivity contribution is 8.00. The van der Waals surface area contributed by atoms with Crippen molar-refractivity contribution >= 4 is 11.8 Å². The van der Waals surface area contributed by atoms with E-state index >= 15 is 0 Å². The number of rotatable bonds is 3. The van der Waals surface area contributed by atoms with Gasteiger partial charge in [-0.3, -0.25) is 0 Å². The molecule has 1 aromatic carbocycles. The Morgan fingerprint density at radius 3 is 2.47 bits per heavy atom. The van der Waals surface area contributed by atoms with Crippen molar-refractivity contribution in [2.75, 3.05) is 6.67 Å². The van der Waals surface area contributed by atoms with Crippen LogP contribution in [0.25, 0.3) is 0 Å². The predicted molar refractivity (Wildman–Crippen MR) is 65.0 cm³/mol. The molecule has 0 aliphatic rings. The second kappa shape index (κ2) is 4.99. The van der Waals surface area contributed by atoms with Crippen LogP contribution >= 0.6 is 11.8 Å². The topological polar surface area (TPSA) is 26.0 Å². The van der Waals surface area contributed by atoms with E-state index in [2.05, 4.69) is 20.8 Å². The van der Waals surface area contributed by atoms with Gasteiger partial charge in [-0.2, -0.15) is 0 Å². The van der Waals surface area contributed by atoms with Gasteiger partial charge in [-0.1, -0.05) is 39.0 Å². The molecule has 1 atom stereocenters. The largest absolute Gasteiger partial charge is 0.322 e. The van der Waals surface area contributed by atoms with Gasteiger partial charge in [0, 0.05) is 9.64 Å². The molecule has 0 aromatic heterocycles. The summed E-state index contributed by atoms with van der Waals surface area (Å²) in [7, 11) is 0. The average molecular weight is 227 g/mol. The van der Waals surface area contributed by atoms with Crippen LogP contribution in [0.4, 0.5) is 4.39 Å². The van der Waals surface area contributed by atoms with Gasteiger partial charge in [-0.15, -0.1) is 11.8 Å². The molecule has 0 bridgehead atoms. The highest BCUT2D eigenvalue weighted by atomic mass is 32.2. The first-order valence-corrected chi connectivity index (χ1v) is 5.85. The Kier molecular flexibility index (Phi) is 4.17. The minimum atomic E-state index is -0.512. The summed E-state index contributed by atoms with van der Waals surface area (Å²) in [6, 6.07) is 7.26. The van der Waals surface area contributed by atoms with Gasteiger partial charge in [-0.25, -0.2) is 4.39 Å². The van der Waals surface area contributed by atoms with Gasteiger partial charge >= 0.3 is 0 Å². The van der Waals surface area contributed by atoms with E-state index in [9.17, 15) is 4.39 Å². The zero-order valence-corrected chi connectivity index (χ0v) is 10.3. The number of nitrogens with two attached hydrogens (primary N) is 1. The summed E-state index contributed by atoms with van der Waals surface area (Å²) in [6.07, 6.45) is 0. The molecule has 0 fully saturated rings. The highest BCUT2D eigenvalue weighted by Crippen LogP contribution is 2.35. The van der Waals surface area contributed by atoms with E-state index < -0.39 is 12.7 Å². The molecule has 0 heterocycles. The zero-order valence-electron chi connectivity index (χ0n) is 9.46. The molecule has 15 heavy (non-hydrogen) atoms. The second-order valence-corrected chi connectivity index (χ2v) is 6.38. The molecule has 0 saturated carbocycles. The molecular weight excluding hydrogens is 209 g/mol. The van der Waals surface area contributed by atoms with Crippen LogP contribution in [0, 0.1) is 0 Å². The van der Waals surface area contributed by atoms with Crippen molar-refractivity contribution in [3.05, 3.63) is 29.8 Å². The summed E-state index contributed by atoms with van der Waals surface area (Å²) in [5.41, 5.74) is 6.63. The maximum atomic E-state index is 12.6. The average Bonchev–Trinajstić information content (AvgIpc) is 2.15. The van der Waals surface area contributed by atoms with E-state index in [-0.39, 0.29) is 4.75 Å². The van der Waals surface area contributed by atoms with E-state index in [0.29, 0.717) is 0 Å². The molecule has 0 spiro atoms. The minimum Gasteiger partial charge on any atom is -0.322 e. The van der Waals surface area contributed by atoms with Gasteiger partial charge < -0.3 is 5.73 Å². The van der Waals surface area contributed by atoms with Crippen LogP contribution in [0.15, 0.2) is 29.2 Å². The smallest absolute Gasteiger partial charge is 0.109 e. The summed E-state index contributed by atoms with van der Waals surface area (Å²) in [4.78, 5) is 1.08. The lowest BCUT2D eigenvalue weighted by Crippen LogP contribution is -2.15. The van der Waals surface area contributed by atoms with Crippen molar-refractivity contribution in [1.29, 1.82) is 0 Å². The van der Waals surface area contributed by atoms with Crippen LogP contribution in [0.1, 0.15) is 32.4 Å². The monoisotopic (exact) mass is 227 g/mol. The van der Waals surface area contributed by atoms with E-state index in [1.165, 1.54) is 0 Å². The van der Waals surface area contributed by atoms with Crippen LogP contribution in [0.2, 0.25) is 0 Å².